The average Bonchev–Trinajstić information content (AvgIpc) is 2.68. The number of rotatable bonds is 3. The fourth-order valence-corrected chi connectivity index (χ4v) is 1.69. The minimum absolute atomic E-state index is 0.0548. The van der Waals surface area contributed by atoms with E-state index >= 15 is 0 Å². The van der Waals surface area contributed by atoms with Crippen molar-refractivity contribution >= 4 is 17.4 Å². The molecule has 0 saturated carbocycles. The van der Waals surface area contributed by atoms with Crippen molar-refractivity contribution in [2.24, 2.45) is 0 Å². The maximum Gasteiger partial charge on any atom is 0.412 e. The predicted octanol–water partition coefficient (Wildman–Crippen LogP) is 2.86. The molecule has 7 nitrogen and oxygen atoms in total. The fraction of sp³-hybridized carbons (Fsp3) is 0.500. The molecule has 0 aliphatic rings. The summed E-state index contributed by atoms with van der Waals surface area (Å²) in [7, 11) is 0. The van der Waals surface area contributed by atoms with Crippen molar-refractivity contribution in [3.8, 4) is 5.75 Å². The van der Waals surface area contributed by atoms with Crippen LogP contribution in [0, 0.1) is 0 Å². The molecule has 21 heavy (non-hydrogen) atoms. The van der Waals surface area contributed by atoms with E-state index < -0.39 is 11.7 Å². The first-order valence-electron chi connectivity index (χ1n) is 6.74. The predicted molar refractivity (Wildman–Crippen MR) is 78.6 cm³/mol. The SMILES string of the molecule is CC(C)Oc1cnc2c(NC(=O)OC(C)(C)C)cnn2c1. The van der Waals surface area contributed by atoms with Gasteiger partial charge in [0.1, 0.15) is 11.3 Å². The second kappa shape index (κ2) is 5.59. The molecule has 0 bridgehead atoms. The van der Waals surface area contributed by atoms with Crippen LogP contribution < -0.4 is 10.1 Å². The molecule has 0 aliphatic heterocycles. The molecular weight excluding hydrogens is 272 g/mol. The van der Waals surface area contributed by atoms with Crippen molar-refractivity contribution in [3.63, 3.8) is 0 Å². The highest BCUT2D eigenvalue weighted by atomic mass is 16.6. The lowest BCUT2D eigenvalue weighted by Gasteiger charge is -2.19. The first-order chi connectivity index (χ1) is 9.74. The minimum Gasteiger partial charge on any atom is -0.488 e. The van der Waals surface area contributed by atoms with Gasteiger partial charge in [-0.15, -0.1) is 0 Å². The van der Waals surface area contributed by atoms with E-state index in [1.54, 1.807) is 37.7 Å². The molecule has 114 valence electrons. The van der Waals surface area contributed by atoms with Gasteiger partial charge in [0.25, 0.3) is 0 Å². The Labute approximate surface area is 123 Å². The van der Waals surface area contributed by atoms with E-state index in [4.69, 9.17) is 9.47 Å². The number of anilines is 1. The van der Waals surface area contributed by atoms with Crippen molar-refractivity contribution in [1.82, 2.24) is 14.6 Å². The highest BCUT2D eigenvalue weighted by Crippen LogP contribution is 2.19. The minimum atomic E-state index is -0.557. The van der Waals surface area contributed by atoms with Crippen molar-refractivity contribution in [1.29, 1.82) is 0 Å². The Morgan fingerprint density at radius 3 is 2.67 bits per heavy atom. The Balaban J connectivity index is 2.17. The standard InChI is InChI=1S/C14H20N4O3/c1-9(2)20-10-6-15-12-11(7-16-18(12)8-10)17-13(19)21-14(3,4)5/h6-9H,1-5H3,(H,17,19). The van der Waals surface area contributed by atoms with Gasteiger partial charge < -0.3 is 9.47 Å². The van der Waals surface area contributed by atoms with Crippen LogP contribution >= 0.6 is 0 Å². The van der Waals surface area contributed by atoms with E-state index in [0.717, 1.165) is 0 Å². The Hall–Kier alpha value is -2.31. The molecule has 0 aliphatic carbocycles. The van der Waals surface area contributed by atoms with Gasteiger partial charge in [-0.2, -0.15) is 5.10 Å². The highest BCUT2D eigenvalue weighted by Gasteiger charge is 2.18. The number of carbonyl (C=O) groups excluding carboxylic acids is 1. The highest BCUT2D eigenvalue weighted by molar-refractivity contribution is 5.89. The van der Waals surface area contributed by atoms with Crippen molar-refractivity contribution < 1.29 is 14.3 Å². The molecule has 2 rings (SSSR count). The van der Waals surface area contributed by atoms with Gasteiger partial charge in [0.15, 0.2) is 11.4 Å². The third-order valence-electron chi connectivity index (χ3n) is 2.34. The van der Waals surface area contributed by atoms with Crippen LogP contribution in [0.3, 0.4) is 0 Å². The molecule has 0 atom stereocenters. The summed E-state index contributed by atoms with van der Waals surface area (Å²) < 4.78 is 12.3. The lowest BCUT2D eigenvalue weighted by molar-refractivity contribution is 0.0636. The van der Waals surface area contributed by atoms with Gasteiger partial charge in [-0.25, -0.2) is 14.3 Å². The third-order valence-corrected chi connectivity index (χ3v) is 2.34. The van der Waals surface area contributed by atoms with Gasteiger partial charge in [0.05, 0.1) is 24.7 Å². The van der Waals surface area contributed by atoms with Crippen LogP contribution in [0.25, 0.3) is 5.65 Å². The normalized spacial score (nSPS) is 11.7. The molecule has 0 spiro atoms. The molecule has 2 aromatic rings. The summed E-state index contributed by atoms with van der Waals surface area (Å²) >= 11 is 0. The molecule has 0 aromatic carbocycles. The summed E-state index contributed by atoms with van der Waals surface area (Å²) in [5.41, 5.74) is 0.455. The average molecular weight is 292 g/mol. The maximum atomic E-state index is 11.8. The Morgan fingerprint density at radius 1 is 1.33 bits per heavy atom. The van der Waals surface area contributed by atoms with Gasteiger partial charge in [0.2, 0.25) is 0 Å². The number of nitrogens with one attached hydrogen (secondary N) is 1. The van der Waals surface area contributed by atoms with Crippen LogP contribution in [0.2, 0.25) is 0 Å². The Morgan fingerprint density at radius 2 is 2.05 bits per heavy atom. The lowest BCUT2D eigenvalue weighted by atomic mass is 10.2. The summed E-state index contributed by atoms with van der Waals surface area (Å²) in [6.07, 6.45) is 4.34. The first kappa shape index (κ1) is 15.1. The summed E-state index contributed by atoms with van der Waals surface area (Å²) in [5, 5.41) is 6.77. The fourth-order valence-electron chi connectivity index (χ4n) is 1.69. The van der Waals surface area contributed by atoms with Gasteiger partial charge >= 0.3 is 6.09 Å². The van der Waals surface area contributed by atoms with Crippen LogP contribution in [-0.4, -0.2) is 32.4 Å². The Bertz CT molecular complexity index is 643. The molecule has 7 heteroatoms. The summed E-state index contributed by atoms with van der Waals surface area (Å²) in [5.74, 6) is 0.615. The molecule has 0 unspecified atom stereocenters. The number of hydrogen-bond donors (Lipinski definition) is 1. The summed E-state index contributed by atoms with van der Waals surface area (Å²) in [4.78, 5) is 16.0. The maximum absolute atomic E-state index is 11.8. The van der Waals surface area contributed by atoms with E-state index in [-0.39, 0.29) is 6.10 Å². The zero-order chi connectivity index (χ0) is 15.6. The Kier molecular flexibility index (Phi) is 4.02. The van der Waals surface area contributed by atoms with Crippen molar-refractivity contribution in [3.05, 3.63) is 18.6 Å². The monoisotopic (exact) mass is 292 g/mol. The second-order valence-corrected chi connectivity index (χ2v) is 5.91. The van der Waals surface area contributed by atoms with Crippen molar-refractivity contribution in [2.75, 3.05) is 5.32 Å². The van der Waals surface area contributed by atoms with Gasteiger partial charge in [-0.1, -0.05) is 0 Å². The summed E-state index contributed by atoms with van der Waals surface area (Å²) in [6, 6.07) is 0. The van der Waals surface area contributed by atoms with E-state index in [0.29, 0.717) is 17.1 Å². The van der Waals surface area contributed by atoms with E-state index in [1.165, 1.54) is 6.20 Å². The topological polar surface area (TPSA) is 77.8 Å². The molecule has 2 aromatic heterocycles. The lowest BCUT2D eigenvalue weighted by Crippen LogP contribution is -2.27. The molecule has 0 radical (unpaired) electrons. The van der Waals surface area contributed by atoms with Crippen LogP contribution in [0.1, 0.15) is 34.6 Å². The summed E-state index contributed by atoms with van der Waals surface area (Å²) in [6.45, 7) is 9.27. The van der Waals surface area contributed by atoms with Crippen LogP contribution in [0.5, 0.6) is 5.75 Å². The van der Waals surface area contributed by atoms with E-state index in [2.05, 4.69) is 15.4 Å². The molecule has 0 fully saturated rings. The first-order valence-corrected chi connectivity index (χ1v) is 6.74. The molecule has 1 amide bonds. The van der Waals surface area contributed by atoms with E-state index in [1.807, 2.05) is 13.8 Å². The number of carbonyl (C=O) groups is 1. The van der Waals surface area contributed by atoms with Crippen molar-refractivity contribution in [2.45, 2.75) is 46.3 Å². The largest absolute Gasteiger partial charge is 0.488 e. The van der Waals surface area contributed by atoms with Gasteiger partial charge in [0, 0.05) is 0 Å². The number of nitrogens with zero attached hydrogens (tertiary/aromatic N) is 3. The molecule has 1 N–H and O–H groups in total. The smallest absolute Gasteiger partial charge is 0.412 e. The number of ether oxygens (including phenoxy) is 2. The number of aromatic nitrogens is 3. The van der Waals surface area contributed by atoms with Crippen LogP contribution in [0.4, 0.5) is 10.5 Å². The second-order valence-electron chi connectivity index (χ2n) is 5.91. The number of hydrogen-bond acceptors (Lipinski definition) is 5. The van der Waals surface area contributed by atoms with Crippen LogP contribution in [-0.2, 0) is 4.74 Å². The van der Waals surface area contributed by atoms with Gasteiger partial charge in [-0.3, -0.25) is 5.32 Å². The quantitative estimate of drug-likeness (QED) is 0.941. The third kappa shape index (κ3) is 4.08. The molecular formula is C14H20N4O3. The van der Waals surface area contributed by atoms with E-state index in [9.17, 15) is 4.79 Å². The molecule has 0 saturated heterocycles. The number of fused-ring (bicyclic) bond motifs is 1. The number of amides is 1. The van der Waals surface area contributed by atoms with Crippen LogP contribution in [0.15, 0.2) is 18.6 Å². The van der Waals surface area contributed by atoms with Gasteiger partial charge in [-0.05, 0) is 34.6 Å². The molecule has 2 heterocycles. The zero-order valence-corrected chi connectivity index (χ0v) is 12.9. The zero-order valence-electron chi connectivity index (χ0n) is 12.9.